The van der Waals surface area contributed by atoms with E-state index in [1.807, 2.05) is 0 Å². The van der Waals surface area contributed by atoms with Gasteiger partial charge in [-0.25, -0.2) is 9.59 Å². The molecule has 0 aliphatic rings. The van der Waals surface area contributed by atoms with Crippen LogP contribution in [0, 0.1) is 0 Å². The molecule has 1 aromatic heterocycles. The molecule has 2 aromatic carbocycles. The molecule has 4 nitrogen and oxygen atoms in total. The van der Waals surface area contributed by atoms with Gasteiger partial charge in [-0.1, -0.05) is 35.3 Å². The highest BCUT2D eigenvalue weighted by Gasteiger charge is 2.16. The van der Waals surface area contributed by atoms with Crippen molar-refractivity contribution in [1.82, 2.24) is 0 Å². The van der Waals surface area contributed by atoms with Gasteiger partial charge in [0.15, 0.2) is 0 Å². The van der Waals surface area contributed by atoms with E-state index in [2.05, 4.69) is 0 Å². The Morgan fingerprint density at radius 1 is 1.05 bits per heavy atom. The van der Waals surface area contributed by atoms with Crippen LogP contribution in [0.2, 0.25) is 10.0 Å². The predicted octanol–water partition coefficient (Wildman–Crippen LogP) is 4.32. The maximum absolute atomic E-state index is 12.2. The molecule has 0 bridgehead atoms. The zero-order chi connectivity index (χ0) is 15.7. The summed E-state index contributed by atoms with van der Waals surface area (Å²) in [4.78, 5) is 23.8. The Balaban J connectivity index is 2.03. The van der Waals surface area contributed by atoms with E-state index in [-0.39, 0.29) is 16.3 Å². The molecule has 0 saturated heterocycles. The van der Waals surface area contributed by atoms with Crippen LogP contribution in [-0.2, 0) is 0 Å². The first-order valence-corrected chi connectivity index (χ1v) is 7.00. The molecule has 0 unspecified atom stereocenters. The number of para-hydroxylation sites is 1. The van der Waals surface area contributed by atoms with Crippen molar-refractivity contribution in [2.24, 2.45) is 0 Å². The van der Waals surface area contributed by atoms with Crippen LogP contribution in [-0.4, -0.2) is 5.97 Å². The number of halogens is 2. The number of benzene rings is 2. The van der Waals surface area contributed by atoms with Crippen molar-refractivity contribution in [1.29, 1.82) is 0 Å². The minimum absolute atomic E-state index is 0.114. The van der Waals surface area contributed by atoms with Gasteiger partial charge in [0.25, 0.3) is 0 Å². The van der Waals surface area contributed by atoms with Crippen LogP contribution in [0.4, 0.5) is 0 Å². The van der Waals surface area contributed by atoms with E-state index in [4.69, 9.17) is 32.4 Å². The smallest absolute Gasteiger partial charge is 0.345 e. The van der Waals surface area contributed by atoms with Gasteiger partial charge in [0.05, 0.1) is 22.0 Å². The topological polar surface area (TPSA) is 56.5 Å². The van der Waals surface area contributed by atoms with Crippen LogP contribution < -0.4 is 10.4 Å². The molecule has 0 radical (unpaired) electrons. The first-order valence-electron chi connectivity index (χ1n) is 6.25. The predicted molar refractivity (Wildman–Crippen MR) is 83.9 cm³/mol. The Bertz CT molecular complexity index is 931. The first-order chi connectivity index (χ1) is 10.5. The fourth-order valence-electron chi connectivity index (χ4n) is 1.98. The molecule has 1 heterocycles. The second kappa shape index (κ2) is 5.83. The lowest BCUT2D eigenvalue weighted by Crippen LogP contribution is -2.11. The fourth-order valence-corrected chi connectivity index (χ4v) is 2.46. The van der Waals surface area contributed by atoms with E-state index in [1.54, 1.807) is 24.3 Å². The third kappa shape index (κ3) is 2.84. The highest BCUT2D eigenvalue weighted by Crippen LogP contribution is 2.26. The largest absolute Gasteiger partial charge is 0.422 e. The van der Waals surface area contributed by atoms with Gasteiger partial charge < -0.3 is 9.15 Å². The molecule has 0 N–H and O–H groups in total. The zero-order valence-electron chi connectivity index (χ0n) is 11.0. The summed E-state index contributed by atoms with van der Waals surface area (Å²) in [7, 11) is 0. The van der Waals surface area contributed by atoms with Crippen LogP contribution in [0.1, 0.15) is 10.4 Å². The third-order valence-corrected chi connectivity index (χ3v) is 3.51. The number of carbonyl (C=O) groups is 1. The van der Waals surface area contributed by atoms with Crippen molar-refractivity contribution >= 4 is 40.1 Å². The lowest BCUT2D eigenvalue weighted by molar-refractivity contribution is 0.0736. The highest BCUT2D eigenvalue weighted by molar-refractivity contribution is 6.36. The number of ether oxygens (including phenoxy) is 1. The van der Waals surface area contributed by atoms with Crippen LogP contribution >= 0.6 is 23.2 Å². The van der Waals surface area contributed by atoms with E-state index in [0.717, 1.165) is 6.07 Å². The Labute approximate surface area is 134 Å². The summed E-state index contributed by atoms with van der Waals surface area (Å²) in [5, 5.41) is 1.10. The molecule has 0 saturated carbocycles. The average Bonchev–Trinajstić information content (AvgIpc) is 2.46. The molecule has 3 rings (SSSR count). The Kier molecular flexibility index (Phi) is 3.88. The molecule has 0 amide bonds. The zero-order valence-corrected chi connectivity index (χ0v) is 12.5. The summed E-state index contributed by atoms with van der Waals surface area (Å²) in [6.07, 6.45) is 0. The molecular formula is C16H8Cl2O4. The molecular weight excluding hydrogens is 327 g/mol. The van der Waals surface area contributed by atoms with Gasteiger partial charge in [-0.15, -0.1) is 0 Å². The summed E-state index contributed by atoms with van der Waals surface area (Å²) in [6, 6.07) is 12.3. The van der Waals surface area contributed by atoms with E-state index < -0.39 is 11.6 Å². The monoisotopic (exact) mass is 334 g/mol. The van der Waals surface area contributed by atoms with E-state index in [9.17, 15) is 9.59 Å². The normalized spacial score (nSPS) is 10.6. The van der Waals surface area contributed by atoms with Crippen LogP contribution in [0.15, 0.2) is 57.7 Å². The van der Waals surface area contributed by atoms with Crippen molar-refractivity contribution in [3.8, 4) is 5.75 Å². The number of hydrogen-bond donors (Lipinski definition) is 0. The summed E-state index contributed by atoms with van der Waals surface area (Å²) >= 11 is 11.8. The minimum Gasteiger partial charge on any atom is -0.422 e. The third-order valence-electron chi connectivity index (χ3n) is 2.97. The second-order valence-electron chi connectivity index (χ2n) is 4.44. The molecule has 0 atom stereocenters. The van der Waals surface area contributed by atoms with E-state index >= 15 is 0 Å². The maximum Gasteiger partial charge on any atom is 0.345 e. The number of fused-ring (bicyclic) bond motifs is 1. The van der Waals surface area contributed by atoms with Gasteiger partial charge in [0.2, 0.25) is 0 Å². The lowest BCUT2D eigenvalue weighted by atomic mass is 10.2. The fraction of sp³-hybridized carbons (Fsp3) is 0. The number of esters is 1. The maximum atomic E-state index is 12.2. The molecule has 6 heteroatoms. The quantitative estimate of drug-likeness (QED) is 0.517. The van der Waals surface area contributed by atoms with E-state index in [0.29, 0.717) is 16.0 Å². The van der Waals surface area contributed by atoms with Gasteiger partial charge in [0, 0.05) is 5.02 Å². The summed E-state index contributed by atoms with van der Waals surface area (Å²) in [5.74, 6) is -0.569. The Morgan fingerprint density at radius 2 is 1.82 bits per heavy atom. The molecule has 0 aliphatic heterocycles. The molecule has 0 fully saturated rings. The van der Waals surface area contributed by atoms with Crippen LogP contribution in [0.3, 0.4) is 0 Å². The molecule has 0 aliphatic carbocycles. The second-order valence-corrected chi connectivity index (χ2v) is 5.28. The summed E-state index contributed by atoms with van der Waals surface area (Å²) < 4.78 is 10.3. The van der Waals surface area contributed by atoms with E-state index in [1.165, 1.54) is 18.2 Å². The Hall–Kier alpha value is -2.30. The molecule has 0 spiro atoms. The van der Waals surface area contributed by atoms with Crippen molar-refractivity contribution < 1.29 is 13.9 Å². The highest BCUT2D eigenvalue weighted by atomic mass is 35.5. The summed E-state index contributed by atoms with van der Waals surface area (Å²) in [5.41, 5.74) is -0.118. The van der Waals surface area contributed by atoms with Gasteiger partial charge in [-0.05, 0) is 30.3 Å². The minimum atomic E-state index is -0.683. The van der Waals surface area contributed by atoms with Crippen molar-refractivity contribution in [3.05, 3.63) is 74.6 Å². The molecule has 3 aromatic rings. The van der Waals surface area contributed by atoms with Crippen LogP contribution in [0.25, 0.3) is 11.0 Å². The SMILES string of the molecule is O=C(Oc1cc(=O)oc2ccccc12)c1ccc(Cl)cc1Cl. The first kappa shape index (κ1) is 14.6. The van der Waals surface area contributed by atoms with Gasteiger partial charge in [-0.3, -0.25) is 0 Å². The number of hydrogen-bond acceptors (Lipinski definition) is 4. The number of carbonyl (C=O) groups excluding carboxylic acids is 1. The van der Waals surface area contributed by atoms with Gasteiger partial charge in [0.1, 0.15) is 11.3 Å². The van der Waals surface area contributed by atoms with Crippen molar-refractivity contribution in [2.45, 2.75) is 0 Å². The molecule has 110 valence electrons. The molecule has 22 heavy (non-hydrogen) atoms. The van der Waals surface area contributed by atoms with Crippen molar-refractivity contribution in [2.75, 3.05) is 0 Å². The van der Waals surface area contributed by atoms with Crippen molar-refractivity contribution in [3.63, 3.8) is 0 Å². The van der Waals surface area contributed by atoms with Crippen LogP contribution in [0.5, 0.6) is 5.75 Å². The average molecular weight is 335 g/mol. The Morgan fingerprint density at radius 3 is 2.59 bits per heavy atom. The van der Waals surface area contributed by atoms with Gasteiger partial charge >= 0.3 is 11.6 Å². The standard InChI is InChI=1S/C16H8Cl2O4/c17-9-5-6-10(12(18)7-9)16(20)22-14-8-15(19)21-13-4-2-1-3-11(13)14/h1-8H. The number of rotatable bonds is 2. The summed E-state index contributed by atoms with van der Waals surface area (Å²) in [6.45, 7) is 0. The lowest BCUT2D eigenvalue weighted by Gasteiger charge is -2.08. The van der Waals surface area contributed by atoms with Gasteiger partial charge in [-0.2, -0.15) is 0 Å².